The van der Waals surface area contributed by atoms with Gasteiger partial charge in [-0.3, -0.25) is 0 Å². The van der Waals surface area contributed by atoms with Gasteiger partial charge in [0.25, 0.3) is 0 Å². The monoisotopic (exact) mass is 277 g/mol. The van der Waals surface area contributed by atoms with Gasteiger partial charge in [0.2, 0.25) is 0 Å². The minimum atomic E-state index is -1.24. The quantitative estimate of drug-likeness (QED) is 0.792. The highest BCUT2D eigenvalue weighted by molar-refractivity contribution is 6.36. The van der Waals surface area contributed by atoms with Crippen molar-refractivity contribution in [3.05, 3.63) is 33.8 Å². The number of carbonyl (C=O) groups is 1. The fourth-order valence-electron chi connectivity index (χ4n) is 1.54. The number of halogens is 2. The summed E-state index contributed by atoms with van der Waals surface area (Å²) < 4.78 is 0. The summed E-state index contributed by atoms with van der Waals surface area (Å²) >= 11 is 12.0. The second kappa shape index (κ2) is 6.10. The number of aliphatic hydroxyl groups excluding tert-OH is 1. The summed E-state index contributed by atoms with van der Waals surface area (Å²) in [5, 5.41) is 21.5. The van der Waals surface area contributed by atoms with E-state index in [1.54, 1.807) is 25.1 Å². The largest absolute Gasteiger partial charge is 0.465 e. The Balaban J connectivity index is 3.16. The lowest BCUT2D eigenvalue weighted by Crippen LogP contribution is -2.35. The maximum Gasteiger partial charge on any atom is 0.405 e. The third-order valence-corrected chi connectivity index (χ3v) is 3.05. The molecule has 6 heteroatoms. The van der Waals surface area contributed by atoms with Gasteiger partial charge in [-0.25, -0.2) is 4.79 Å². The van der Waals surface area contributed by atoms with Crippen LogP contribution in [-0.4, -0.2) is 22.4 Å². The molecule has 1 aromatic rings. The average molecular weight is 278 g/mol. The molecule has 0 unspecified atom stereocenters. The van der Waals surface area contributed by atoms with Crippen LogP contribution in [0.3, 0.4) is 0 Å². The molecule has 0 spiro atoms. The first-order chi connectivity index (χ1) is 7.97. The SMILES string of the molecule is CC[C@H](O)[C@@H](NC(=O)O)c1c(Cl)cccc1Cl. The predicted molar refractivity (Wildman–Crippen MR) is 66.7 cm³/mol. The van der Waals surface area contributed by atoms with Gasteiger partial charge in [0.05, 0.1) is 12.1 Å². The normalized spacial score (nSPS) is 14.1. The molecule has 94 valence electrons. The van der Waals surface area contributed by atoms with E-state index < -0.39 is 18.2 Å². The van der Waals surface area contributed by atoms with Crippen LogP contribution in [0, 0.1) is 0 Å². The Bertz CT molecular complexity index is 391. The molecule has 3 N–H and O–H groups in total. The zero-order valence-corrected chi connectivity index (χ0v) is 10.7. The van der Waals surface area contributed by atoms with E-state index in [1.165, 1.54) is 0 Å². The molecule has 0 saturated carbocycles. The molecule has 0 heterocycles. The minimum Gasteiger partial charge on any atom is -0.465 e. The average Bonchev–Trinajstić information content (AvgIpc) is 2.26. The van der Waals surface area contributed by atoms with Gasteiger partial charge >= 0.3 is 6.09 Å². The van der Waals surface area contributed by atoms with Crippen molar-refractivity contribution in [2.45, 2.75) is 25.5 Å². The number of benzene rings is 1. The van der Waals surface area contributed by atoms with E-state index in [-0.39, 0.29) is 0 Å². The highest BCUT2D eigenvalue weighted by Crippen LogP contribution is 2.32. The van der Waals surface area contributed by atoms with Crippen LogP contribution in [0.2, 0.25) is 10.0 Å². The van der Waals surface area contributed by atoms with Gasteiger partial charge in [0.15, 0.2) is 0 Å². The molecule has 0 bridgehead atoms. The third kappa shape index (κ3) is 3.49. The predicted octanol–water partition coefficient (Wildman–Crippen LogP) is 3.07. The van der Waals surface area contributed by atoms with E-state index in [9.17, 15) is 9.90 Å². The van der Waals surface area contributed by atoms with Crippen LogP contribution in [0.4, 0.5) is 4.79 Å². The molecule has 0 saturated heterocycles. The van der Waals surface area contributed by atoms with Crippen LogP contribution < -0.4 is 5.32 Å². The standard InChI is InChI=1S/C11H13Cl2NO3/c1-2-8(15)10(14-11(16)17)9-6(12)4-3-5-7(9)13/h3-5,8,10,14-15H,2H2,1H3,(H,16,17)/t8-,10+/m0/s1. The zero-order valence-electron chi connectivity index (χ0n) is 9.15. The Hall–Kier alpha value is -0.970. The molecule has 0 aromatic heterocycles. The van der Waals surface area contributed by atoms with Gasteiger partial charge in [-0.2, -0.15) is 0 Å². The summed E-state index contributed by atoms with van der Waals surface area (Å²) in [4.78, 5) is 10.7. The van der Waals surface area contributed by atoms with Crippen LogP contribution in [-0.2, 0) is 0 Å². The number of rotatable bonds is 4. The van der Waals surface area contributed by atoms with Crippen molar-refractivity contribution >= 4 is 29.3 Å². The Labute approximate surface area is 109 Å². The molecule has 1 rings (SSSR count). The third-order valence-electron chi connectivity index (χ3n) is 2.39. The summed E-state index contributed by atoms with van der Waals surface area (Å²) in [7, 11) is 0. The van der Waals surface area contributed by atoms with Crippen LogP contribution in [0.1, 0.15) is 24.9 Å². The second-order valence-electron chi connectivity index (χ2n) is 3.54. The number of hydrogen-bond donors (Lipinski definition) is 3. The molecule has 2 atom stereocenters. The van der Waals surface area contributed by atoms with Crippen molar-refractivity contribution in [2.75, 3.05) is 0 Å². The maximum absolute atomic E-state index is 10.7. The van der Waals surface area contributed by atoms with E-state index in [4.69, 9.17) is 28.3 Å². The van der Waals surface area contributed by atoms with Gasteiger partial charge in [-0.05, 0) is 18.6 Å². The highest BCUT2D eigenvalue weighted by atomic mass is 35.5. The molecular formula is C11H13Cl2NO3. The first kappa shape index (κ1) is 14.1. The molecule has 0 fully saturated rings. The Morgan fingerprint density at radius 2 is 1.94 bits per heavy atom. The summed E-state index contributed by atoms with van der Waals surface area (Å²) in [5.74, 6) is 0. The molecule has 0 aliphatic rings. The first-order valence-electron chi connectivity index (χ1n) is 5.08. The fraction of sp³-hybridized carbons (Fsp3) is 0.364. The van der Waals surface area contributed by atoms with Gasteiger partial charge in [-0.15, -0.1) is 0 Å². The fourth-order valence-corrected chi connectivity index (χ4v) is 2.17. The van der Waals surface area contributed by atoms with Crippen LogP contribution >= 0.6 is 23.2 Å². The summed E-state index contributed by atoms with van der Waals surface area (Å²) in [6, 6.07) is 4.02. The number of nitrogens with one attached hydrogen (secondary N) is 1. The number of amides is 1. The van der Waals surface area contributed by atoms with Crippen molar-refractivity contribution in [1.82, 2.24) is 5.32 Å². The summed E-state index contributed by atoms with van der Waals surface area (Å²) in [6.45, 7) is 1.74. The van der Waals surface area contributed by atoms with E-state index in [2.05, 4.69) is 5.32 Å². The topological polar surface area (TPSA) is 69.6 Å². The number of hydrogen-bond acceptors (Lipinski definition) is 2. The summed E-state index contributed by atoms with van der Waals surface area (Å²) in [6.07, 6.45) is -1.74. The summed E-state index contributed by atoms with van der Waals surface area (Å²) in [5.41, 5.74) is 0.396. The minimum absolute atomic E-state index is 0.323. The molecular weight excluding hydrogens is 265 g/mol. The lowest BCUT2D eigenvalue weighted by Gasteiger charge is -2.24. The van der Waals surface area contributed by atoms with Crippen LogP contribution in [0.15, 0.2) is 18.2 Å². The lowest BCUT2D eigenvalue weighted by atomic mass is 9.99. The van der Waals surface area contributed by atoms with Crippen molar-refractivity contribution < 1.29 is 15.0 Å². The molecule has 0 aliphatic heterocycles. The van der Waals surface area contributed by atoms with E-state index >= 15 is 0 Å². The van der Waals surface area contributed by atoms with Crippen molar-refractivity contribution in [3.63, 3.8) is 0 Å². The lowest BCUT2D eigenvalue weighted by molar-refractivity contribution is 0.116. The van der Waals surface area contributed by atoms with Gasteiger partial charge in [0, 0.05) is 15.6 Å². The molecule has 17 heavy (non-hydrogen) atoms. The van der Waals surface area contributed by atoms with E-state index in [1.807, 2.05) is 0 Å². The van der Waals surface area contributed by atoms with Gasteiger partial charge < -0.3 is 15.5 Å². The highest BCUT2D eigenvalue weighted by Gasteiger charge is 2.25. The first-order valence-corrected chi connectivity index (χ1v) is 5.84. The van der Waals surface area contributed by atoms with Gasteiger partial charge in [0.1, 0.15) is 0 Å². The molecule has 1 amide bonds. The van der Waals surface area contributed by atoms with Crippen LogP contribution in [0.5, 0.6) is 0 Å². The Morgan fingerprint density at radius 3 is 2.35 bits per heavy atom. The Kier molecular flexibility index (Phi) is 5.05. The number of carboxylic acid groups (broad SMARTS) is 1. The number of aliphatic hydroxyl groups is 1. The molecule has 0 aliphatic carbocycles. The van der Waals surface area contributed by atoms with Crippen molar-refractivity contribution in [1.29, 1.82) is 0 Å². The zero-order chi connectivity index (χ0) is 13.0. The smallest absolute Gasteiger partial charge is 0.405 e. The van der Waals surface area contributed by atoms with Crippen LogP contribution in [0.25, 0.3) is 0 Å². The van der Waals surface area contributed by atoms with E-state index in [0.29, 0.717) is 22.0 Å². The van der Waals surface area contributed by atoms with Crippen molar-refractivity contribution in [2.24, 2.45) is 0 Å². The molecule has 1 aromatic carbocycles. The van der Waals surface area contributed by atoms with E-state index in [0.717, 1.165) is 0 Å². The van der Waals surface area contributed by atoms with Crippen molar-refractivity contribution in [3.8, 4) is 0 Å². The molecule has 0 radical (unpaired) electrons. The Morgan fingerprint density at radius 1 is 1.41 bits per heavy atom. The van der Waals surface area contributed by atoms with Gasteiger partial charge in [-0.1, -0.05) is 36.2 Å². The second-order valence-corrected chi connectivity index (χ2v) is 4.35. The maximum atomic E-state index is 10.7. The molecule has 4 nitrogen and oxygen atoms in total.